The highest BCUT2D eigenvalue weighted by atomic mass is 32.1. The summed E-state index contributed by atoms with van der Waals surface area (Å²) in [4.78, 5) is 30.5. The molecule has 27 heavy (non-hydrogen) atoms. The van der Waals surface area contributed by atoms with E-state index in [4.69, 9.17) is 0 Å². The molecule has 0 aliphatic carbocycles. The van der Waals surface area contributed by atoms with E-state index < -0.39 is 5.91 Å². The fraction of sp³-hybridized carbons (Fsp3) is 0.0952. The lowest BCUT2D eigenvalue weighted by atomic mass is 10.1. The lowest BCUT2D eigenvalue weighted by molar-refractivity contribution is 0.102. The molecule has 1 N–H and O–H groups in total. The molecule has 0 bridgehead atoms. The number of aromatic nitrogens is 2. The zero-order chi connectivity index (χ0) is 19.0. The van der Waals surface area contributed by atoms with Gasteiger partial charge in [-0.3, -0.25) is 14.0 Å². The molecule has 0 saturated heterocycles. The molecule has 0 fully saturated rings. The van der Waals surface area contributed by atoms with E-state index in [9.17, 15) is 9.59 Å². The quantitative estimate of drug-likeness (QED) is 0.581. The number of rotatable bonds is 3. The van der Waals surface area contributed by atoms with Crippen molar-refractivity contribution in [2.24, 2.45) is 0 Å². The third kappa shape index (κ3) is 3.27. The first-order chi connectivity index (χ1) is 13.0. The van der Waals surface area contributed by atoms with Crippen LogP contribution >= 0.6 is 11.3 Å². The van der Waals surface area contributed by atoms with Crippen molar-refractivity contribution in [3.05, 3.63) is 87.2 Å². The van der Waals surface area contributed by atoms with Gasteiger partial charge in [-0.25, -0.2) is 4.98 Å². The lowest BCUT2D eigenvalue weighted by Gasteiger charge is -2.07. The Balaban J connectivity index is 1.77. The fourth-order valence-electron chi connectivity index (χ4n) is 2.90. The van der Waals surface area contributed by atoms with E-state index in [1.807, 2.05) is 61.7 Å². The second-order valence-electron chi connectivity index (χ2n) is 6.41. The number of hydrogen-bond acceptors (Lipinski definition) is 4. The number of thiazole rings is 1. The molecule has 4 rings (SSSR count). The van der Waals surface area contributed by atoms with Crippen molar-refractivity contribution in [2.75, 3.05) is 5.32 Å². The van der Waals surface area contributed by atoms with Gasteiger partial charge in [-0.1, -0.05) is 42.0 Å². The molecular formula is C21H17N3O2S. The molecule has 2 heterocycles. The fourth-order valence-corrected chi connectivity index (χ4v) is 3.75. The number of anilines is 1. The molecule has 6 heteroatoms. The number of benzene rings is 2. The van der Waals surface area contributed by atoms with Crippen molar-refractivity contribution in [1.29, 1.82) is 0 Å². The predicted molar refractivity (Wildman–Crippen MR) is 109 cm³/mol. The van der Waals surface area contributed by atoms with E-state index in [1.54, 1.807) is 6.07 Å². The Morgan fingerprint density at radius 2 is 1.85 bits per heavy atom. The van der Waals surface area contributed by atoms with Gasteiger partial charge in [0, 0.05) is 17.3 Å². The maximum Gasteiger partial charge on any atom is 0.271 e. The summed E-state index contributed by atoms with van der Waals surface area (Å²) in [5.74, 6) is -0.464. The number of amides is 1. The Hall–Kier alpha value is -3.25. The molecule has 4 aromatic rings. The molecule has 5 nitrogen and oxygen atoms in total. The summed E-state index contributed by atoms with van der Waals surface area (Å²) < 4.78 is 1.50. The number of aryl methyl sites for hydroxylation is 2. The normalized spacial score (nSPS) is 10.9. The van der Waals surface area contributed by atoms with Gasteiger partial charge in [0.05, 0.1) is 5.69 Å². The molecule has 0 aliphatic rings. The van der Waals surface area contributed by atoms with Crippen LogP contribution in [0.4, 0.5) is 5.69 Å². The van der Waals surface area contributed by atoms with Crippen molar-refractivity contribution in [3.63, 3.8) is 0 Å². The second-order valence-corrected chi connectivity index (χ2v) is 7.24. The highest BCUT2D eigenvalue weighted by Gasteiger charge is 2.17. The molecule has 134 valence electrons. The molecule has 1 amide bonds. The average molecular weight is 375 g/mol. The van der Waals surface area contributed by atoms with E-state index in [0.717, 1.165) is 22.4 Å². The summed E-state index contributed by atoms with van der Waals surface area (Å²) in [6.07, 6.45) is 1.35. The van der Waals surface area contributed by atoms with Gasteiger partial charge in [-0.15, -0.1) is 11.3 Å². The van der Waals surface area contributed by atoms with Gasteiger partial charge in [0.25, 0.3) is 11.5 Å². The van der Waals surface area contributed by atoms with Crippen LogP contribution < -0.4 is 10.9 Å². The van der Waals surface area contributed by atoms with Crippen molar-refractivity contribution in [1.82, 2.24) is 9.38 Å². The maximum atomic E-state index is 13.0. The van der Waals surface area contributed by atoms with Gasteiger partial charge in [0.2, 0.25) is 0 Å². The van der Waals surface area contributed by atoms with Crippen LogP contribution in [0, 0.1) is 13.8 Å². The number of carbonyl (C=O) groups excluding carboxylic acids is 1. The van der Waals surface area contributed by atoms with E-state index in [2.05, 4.69) is 10.3 Å². The van der Waals surface area contributed by atoms with Crippen LogP contribution in [0.15, 0.2) is 64.9 Å². The first kappa shape index (κ1) is 17.2. The monoisotopic (exact) mass is 375 g/mol. The van der Waals surface area contributed by atoms with Gasteiger partial charge < -0.3 is 5.32 Å². The third-order valence-electron chi connectivity index (χ3n) is 4.31. The maximum absolute atomic E-state index is 13.0. The Morgan fingerprint density at radius 3 is 2.59 bits per heavy atom. The summed E-state index contributed by atoms with van der Waals surface area (Å²) in [5, 5.41) is 4.66. The van der Waals surface area contributed by atoms with Crippen molar-refractivity contribution >= 4 is 27.9 Å². The number of fused-ring (bicyclic) bond motifs is 1. The molecule has 2 aromatic carbocycles. The van der Waals surface area contributed by atoms with Crippen LogP contribution in [0.2, 0.25) is 0 Å². The molecule has 0 atom stereocenters. The van der Waals surface area contributed by atoms with Crippen molar-refractivity contribution in [3.8, 4) is 11.3 Å². The first-order valence-corrected chi connectivity index (χ1v) is 9.35. The summed E-state index contributed by atoms with van der Waals surface area (Å²) in [7, 11) is 0. The SMILES string of the molecule is Cc1ccc(-c2csc3ncc(C(=O)Nc4cccc(C)c4)c(=O)n23)cc1. The summed E-state index contributed by atoms with van der Waals surface area (Å²) in [6.45, 7) is 3.95. The van der Waals surface area contributed by atoms with Crippen LogP contribution in [0.25, 0.3) is 16.2 Å². The van der Waals surface area contributed by atoms with E-state index in [1.165, 1.54) is 21.9 Å². The highest BCUT2D eigenvalue weighted by Crippen LogP contribution is 2.24. The number of nitrogens with zero attached hydrogens (tertiary/aromatic N) is 2. The van der Waals surface area contributed by atoms with Crippen molar-refractivity contribution < 1.29 is 4.79 Å². The van der Waals surface area contributed by atoms with E-state index in [-0.39, 0.29) is 11.1 Å². The number of hydrogen-bond donors (Lipinski definition) is 1. The van der Waals surface area contributed by atoms with E-state index >= 15 is 0 Å². The number of nitrogens with one attached hydrogen (secondary N) is 1. The Morgan fingerprint density at radius 1 is 1.07 bits per heavy atom. The van der Waals surface area contributed by atoms with Gasteiger partial charge in [0.15, 0.2) is 4.96 Å². The molecule has 2 aromatic heterocycles. The molecule has 0 unspecified atom stereocenters. The van der Waals surface area contributed by atoms with Gasteiger partial charge in [0.1, 0.15) is 5.56 Å². The first-order valence-electron chi connectivity index (χ1n) is 8.47. The largest absolute Gasteiger partial charge is 0.322 e. The average Bonchev–Trinajstić information content (AvgIpc) is 3.07. The Kier molecular flexibility index (Phi) is 4.33. The standard InChI is InChI=1S/C21H17N3O2S/c1-13-6-8-15(9-7-13)18-12-27-21-22-11-17(20(26)24(18)21)19(25)23-16-5-3-4-14(2)10-16/h3-12H,1-2H3,(H,23,25). The minimum absolute atomic E-state index is 0.0146. The molecule has 0 spiro atoms. The minimum atomic E-state index is -0.464. The topological polar surface area (TPSA) is 63.5 Å². The lowest BCUT2D eigenvalue weighted by Crippen LogP contribution is -2.26. The molecular weight excluding hydrogens is 358 g/mol. The Bertz CT molecular complexity index is 1210. The van der Waals surface area contributed by atoms with E-state index in [0.29, 0.717) is 10.6 Å². The molecule has 0 saturated carbocycles. The zero-order valence-electron chi connectivity index (χ0n) is 14.9. The second kappa shape index (κ2) is 6.81. The van der Waals surface area contributed by atoms with Crippen LogP contribution in [0.3, 0.4) is 0 Å². The Labute approximate surface area is 160 Å². The number of carbonyl (C=O) groups is 1. The summed E-state index contributed by atoms with van der Waals surface area (Å²) in [5.41, 5.74) is 4.10. The predicted octanol–water partition coefficient (Wildman–Crippen LogP) is 4.29. The smallest absolute Gasteiger partial charge is 0.271 e. The summed E-state index contributed by atoms with van der Waals surface area (Å²) >= 11 is 1.37. The van der Waals surface area contributed by atoms with Gasteiger partial charge >= 0.3 is 0 Å². The van der Waals surface area contributed by atoms with Gasteiger partial charge in [-0.2, -0.15) is 0 Å². The zero-order valence-corrected chi connectivity index (χ0v) is 15.7. The van der Waals surface area contributed by atoms with Crippen molar-refractivity contribution in [2.45, 2.75) is 13.8 Å². The van der Waals surface area contributed by atoms with Crippen LogP contribution in [0.5, 0.6) is 0 Å². The molecule has 0 radical (unpaired) electrons. The van der Waals surface area contributed by atoms with Crippen LogP contribution in [-0.2, 0) is 0 Å². The van der Waals surface area contributed by atoms with Crippen LogP contribution in [-0.4, -0.2) is 15.3 Å². The third-order valence-corrected chi connectivity index (χ3v) is 5.15. The highest BCUT2D eigenvalue weighted by molar-refractivity contribution is 7.15. The van der Waals surface area contributed by atoms with Crippen LogP contribution in [0.1, 0.15) is 21.5 Å². The van der Waals surface area contributed by atoms with Gasteiger partial charge in [-0.05, 0) is 37.1 Å². The minimum Gasteiger partial charge on any atom is -0.322 e. The molecule has 0 aliphatic heterocycles. The summed E-state index contributed by atoms with van der Waals surface area (Å²) in [6, 6.07) is 15.3.